The molecule has 5 heteroatoms. The van der Waals surface area contributed by atoms with Gasteiger partial charge in [0, 0.05) is 9.77 Å². The second-order valence-corrected chi connectivity index (χ2v) is 7.12. The number of nitrogens with one attached hydrogen (secondary N) is 1. The largest absolute Gasteiger partial charge is 0.508 e. The lowest BCUT2D eigenvalue weighted by Crippen LogP contribution is -2.32. The number of benzene rings is 1. The van der Waals surface area contributed by atoms with Gasteiger partial charge in [-0.3, -0.25) is 4.79 Å². The summed E-state index contributed by atoms with van der Waals surface area (Å²) in [5, 5.41) is 14.5. The van der Waals surface area contributed by atoms with Crippen molar-refractivity contribution in [2.45, 2.75) is 24.8 Å². The van der Waals surface area contributed by atoms with Crippen molar-refractivity contribution in [3.8, 4) is 5.75 Å². The number of phenolic OH excluding ortho intramolecular Hbond substituents is 1. The maximum Gasteiger partial charge on any atom is 0.230 e. The second kappa shape index (κ2) is 7.52. The van der Waals surface area contributed by atoms with Crippen molar-refractivity contribution >= 4 is 29.0 Å². The zero-order chi connectivity index (χ0) is 15.2. The van der Waals surface area contributed by atoms with E-state index in [4.69, 9.17) is 0 Å². The summed E-state index contributed by atoms with van der Waals surface area (Å²) in [6.07, 6.45) is 0. The van der Waals surface area contributed by atoms with E-state index in [-0.39, 0.29) is 17.7 Å². The smallest absolute Gasteiger partial charge is 0.230 e. The van der Waals surface area contributed by atoms with Crippen molar-refractivity contribution in [3.63, 3.8) is 0 Å². The number of carbonyl (C=O) groups is 1. The predicted molar refractivity (Wildman–Crippen MR) is 88.9 cm³/mol. The molecule has 1 aromatic carbocycles. The van der Waals surface area contributed by atoms with Crippen LogP contribution in [0.3, 0.4) is 0 Å². The maximum absolute atomic E-state index is 12.1. The topological polar surface area (TPSA) is 49.3 Å². The van der Waals surface area contributed by atoms with Gasteiger partial charge in [-0.05, 0) is 35.6 Å². The van der Waals surface area contributed by atoms with Gasteiger partial charge in [0.25, 0.3) is 0 Å². The molecule has 1 amide bonds. The molecule has 0 spiro atoms. The highest BCUT2D eigenvalue weighted by atomic mass is 32.2. The molecule has 0 aliphatic carbocycles. The van der Waals surface area contributed by atoms with E-state index in [1.807, 2.05) is 17.5 Å². The van der Waals surface area contributed by atoms with E-state index >= 15 is 0 Å². The molecule has 21 heavy (non-hydrogen) atoms. The molecule has 2 rings (SSSR count). The summed E-state index contributed by atoms with van der Waals surface area (Å²) in [6.45, 7) is 4.21. The van der Waals surface area contributed by atoms with Crippen LogP contribution in [-0.2, 0) is 4.79 Å². The average molecular weight is 321 g/mol. The van der Waals surface area contributed by atoms with E-state index in [2.05, 4.69) is 25.2 Å². The minimum atomic E-state index is 0.00967. The van der Waals surface area contributed by atoms with Crippen LogP contribution in [0, 0.1) is 5.92 Å². The zero-order valence-electron chi connectivity index (χ0n) is 12.1. The van der Waals surface area contributed by atoms with Crippen molar-refractivity contribution in [3.05, 3.63) is 46.7 Å². The molecule has 0 aliphatic rings. The van der Waals surface area contributed by atoms with Gasteiger partial charge >= 0.3 is 0 Å². The number of phenols is 1. The third kappa shape index (κ3) is 4.79. The van der Waals surface area contributed by atoms with Crippen LogP contribution in [0.25, 0.3) is 0 Å². The fraction of sp³-hybridized carbons (Fsp3) is 0.312. The molecule has 1 aromatic heterocycles. The van der Waals surface area contributed by atoms with Crippen LogP contribution in [0.2, 0.25) is 0 Å². The molecule has 0 bridgehead atoms. The number of rotatable bonds is 6. The quantitative estimate of drug-likeness (QED) is 0.789. The molecular formula is C16H19NO2S2. The lowest BCUT2D eigenvalue weighted by molar-refractivity contribution is -0.119. The third-order valence-corrected chi connectivity index (χ3v) is 4.97. The highest BCUT2D eigenvalue weighted by molar-refractivity contribution is 8.00. The molecule has 0 fully saturated rings. The Labute approximate surface area is 133 Å². The van der Waals surface area contributed by atoms with Crippen molar-refractivity contribution in [2.75, 3.05) is 5.75 Å². The Balaban J connectivity index is 1.91. The molecule has 2 aromatic rings. The molecular weight excluding hydrogens is 302 g/mol. The molecule has 3 nitrogen and oxygen atoms in total. The van der Waals surface area contributed by atoms with Gasteiger partial charge in [-0.15, -0.1) is 23.1 Å². The lowest BCUT2D eigenvalue weighted by Gasteiger charge is -2.21. The SMILES string of the molecule is CC(C)C(NC(=O)CSc1cccc(O)c1)c1cccs1. The molecule has 0 saturated heterocycles. The van der Waals surface area contributed by atoms with Gasteiger partial charge in [0.15, 0.2) is 0 Å². The molecule has 1 unspecified atom stereocenters. The van der Waals surface area contributed by atoms with Gasteiger partial charge in [-0.2, -0.15) is 0 Å². The van der Waals surface area contributed by atoms with Crippen molar-refractivity contribution in [1.82, 2.24) is 5.32 Å². The third-order valence-electron chi connectivity index (χ3n) is 3.02. The predicted octanol–water partition coefficient (Wildman–Crippen LogP) is 4.06. The van der Waals surface area contributed by atoms with Gasteiger partial charge in [0.2, 0.25) is 5.91 Å². The first-order valence-electron chi connectivity index (χ1n) is 6.81. The van der Waals surface area contributed by atoms with Crippen LogP contribution in [-0.4, -0.2) is 16.8 Å². The Hall–Kier alpha value is -1.46. The normalized spacial score (nSPS) is 12.3. The summed E-state index contributed by atoms with van der Waals surface area (Å²) in [4.78, 5) is 14.2. The molecule has 0 aliphatic heterocycles. The summed E-state index contributed by atoms with van der Waals surface area (Å²) < 4.78 is 0. The monoisotopic (exact) mass is 321 g/mol. The van der Waals surface area contributed by atoms with E-state index in [0.717, 1.165) is 4.90 Å². The Morgan fingerprint density at radius 3 is 2.76 bits per heavy atom. The first-order valence-corrected chi connectivity index (χ1v) is 8.67. The van der Waals surface area contributed by atoms with Gasteiger partial charge in [-0.25, -0.2) is 0 Å². The Bertz CT molecular complexity index is 582. The first-order chi connectivity index (χ1) is 10.1. The van der Waals surface area contributed by atoms with Crippen molar-refractivity contribution in [1.29, 1.82) is 0 Å². The lowest BCUT2D eigenvalue weighted by atomic mass is 10.0. The zero-order valence-corrected chi connectivity index (χ0v) is 13.7. The summed E-state index contributed by atoms with van der Waals surface area (Å²) in [5.41, 5.74) is 0. The number of amides is 1. The van der Waals surface area contributed by atoms with E-state index in [1.165, 1.54) is 16.6 Å². The highest BCUT2D eigenvalue weighted by Crippen LogP contribution is 2.26. The minimum Gasteiger partial charge on any atom is -0.508 e. The van der Waals surface area contributed by atoms with Crippen LogP contribution >= 0.6 is 23.1 Å². The number of thioether (sulfide) groups is 1. The maximum atomic E-state index is 12.1. The number of hydrogen-bond donors (Lipinski definition) is 2. The van der Waals surface area contributed by atoms with E-state index in [0.29, 0.717) is 11.7 Å². The highest BCUT2D eigenvalue weighted by Gasteiger charge is 2.19. The van der Waals surface area contributed by atoms with E-state index < -0.39 is 0 Å². The van der Waals surface area contributed by atoms with Crippen LogP contribution in [0.5, 0.6) is 5.75 Å². The van der Waals surface area contributed by atoms with Gasteiger partial charge < -0.3 is 10.4 Å². The summed E-state index contributed by atoms with van der Waals surface area (Å²) >= 11 is 3.09. The fourth-order valence-electron chi connectivity index (χ4n) is 1.97. The fourth-order valence-corrected chi connectivity index (χ4v) is 3.68. The van der Waals surface area contributed by atoms with Crippen LogP contribution in [0.4, 0.5) is 0 Å². The molecule has 0 radical (unpaired) electrons. The molecule has 1 heterocycles. The minimum absolute atomic E-state index is 0.00967. The number of aromatic hydroxyl groups is 1. The van der Waals surface area contributed by atoms with E-state index in [9.17, 15) is 9.90 Å². The molecule has 1 atom stereocenters. The molecule has 112 valence electrons. The Kier molecular flexibility index (Phi) is 5.70. The van der Waals surface area contributed by atoms with Crippen LogP contribution in [0.1, 0.15) is 24.8 Å². The average Bonchev–Trinajstić information content (AvgIpc) is 2.96. The van der Waals surface area contributed by atoms with Crippen molar-refractivity contribution < 1.29 is 9.90 Å². The second-order valence-electron chi connectivity index (χ2n) is 5.09. The van der Waals surface area contributed by atoms with Gasteiger partial charge in [0.05, 0.1) is 11.8 Å². The summed E-state index contributed by atoms with van der Waals surface area (Å²) in [6, 6.07) is 11.1. The molecule has 2 N–H and O–H groups in total. The first kappa shape index (κ1) is 15.9. The summed E-state index contributed by atoms with van der Waals surface area (Å²) in [5.74, 6) is 0.922. The Morgan fingerprint density at radius 1 is 1.33 bits per heavy atom. The van der Waals surface area contributed by atoms with Crippen LogP contribution < -0.4 is 5.32 Å². The standard InChI is InChI=1S/C16H19NO2S2/c1-11(2)16(14-7-4-8-20-14)17-15(19)10-21-13-6-3-5-12(18)9-13/h3-9,11,16,18H,10H2,1-2H3,(H,17,19). The Morgan fingerprint density at radius 2 is 2.14 bits per heavy atom. The number of hydrogen-bond acceptors (Lipinski definition) is 4. The number of thiophene rings is 1. The van der Waals surface area contributed by atoms with Gasteiger partial charge in [-0.1, -0.05) is 26.0 Å². The van der Waals surface area contributed by atoms with E-state index in [1.54, 1.807) is 29.5 Å². The molecule has 0 saturated carbocycles. The number of carbonyl (C=O) groups excluding carboxylic acids is 1. The van der Waals surface area contributed by atoms with Crippen LogP contribution in [0.15, 0.2) is 46.7 Å². The summed E-state index contributed by atoms with van der Waals surface area (Å²) in [7, 11) is 0. The van der Waals surface area contributed by atoms with Crippen molar-refractivity contribution in [2.24, 2.45) is 5.92 Å². The van der Waals surface area contributed by atoms with Gasteiger partial charge in [0.1, 0.15) is 5.75 Å².